The van der Waals surface area contributed by atoms with Crippen LogP contribution in [0.3, 0.4) is 0 Å². The average Bonchev–Trinajstić information content (AvgIpc) is 2.75. The van der Waals surface area contributed by atoms with Crippen molar-refractivity contribution >= 4 is 21.6 Å². The van der Waals surface area contributed by atoms with Crippen molar-refractivity contribution in [1.29, 1.82) is 0 Å². The first-order chi connectivity index (χ1) is 14.4. The Hall–Kier alpha value is -3.32. The molecule has 3 aromatic carbocycles. The van der Waals surface area contributed by atoms with E-state index >= 15 is 0 Å². The van der Waals surface area contributed by atoms with Crippen LogP contribution >= 0.6 is 0 Å². The molecule has 0 aromatic heterocycles. The van der Waals surface area contributed by atoms with Crippen LogP contribution in [0.5, 0.6) is 5.75 Å². The lowest BCUT2D eigenvalue weighted by Gasteiger charge is -2.17. The molecule has 0 heterocycles. The summed E-state index contributed by atoms with van der Waals surface area (Å²) in [7, 11) is -3.80. The number of ether oxygens (including phenoxy) is 1. The summed E-state index contributed by atoms with van der Waals surface area (Å²) < 4.78 is 33.3. The molecule has 0 aliphatic carbocycles. The van der Waals surface area contributed by atoms with Crippen molar-refractivity contribution in [1.82, 2.24) is 5.32 Å². The smallest absolute Gasteiger partial charge is 0.261 e. The molecule has 3 rings (SSSR count). The van der Waals surface area contributed by atoms with Gasteiger partial charge >= 0.3 is 0 Å². The van der Waals surface area contributed by atoms with E-state index in [2.05, 4.69) is 10.0 Å². The van der Waals surface area contributed by atoms with E-state index in [0.29, 0.717) is 6.61 Å². The minimum Gasteiger partial charge on any atom is -0.494 e. The molecule has 2 N–H and O–H groups in total. The highest BCUT2D eigenvalue weighted by atomic mass is 32.2. The number of hydrogen-bond donors (Lipinski definition) is 2. The topological polar surface area (TPSA) is 84.5 Å². The van der Waals surface area contributed by atoms with Gasteiger partial charge in [0, 0.05) is 0 Å². The second kappa shape index (κ2) is 9.45. The molecule has 1 atom stereocenters. The zero-order valence-corrected chi connectivity index (χ0v) is 17.6. The second-order valence-electron chi connectivity index (χ2n) is 6.66. The standard InChI is InChI=1S/C23H24N2O4S/c1-3-29-19-15-13-18(14-16-19)17(2)24-23(26)21-11-7-8-12-22(21)25-30(27,28)20-9-5-4-6-10-20/h4-17,25H,3H2,1-2H3,(H,24,26)/t17-/m0/s1. The van der Waals surface area contributed by atoms with Gasteiger partial charge in [-0.3, -0.25) is 9.52 Å². The minimum absolute atomic E-state index is 0.128. The SMILES string of the molecule is CCOc1ccc([C@H](C)NC(=O)c2ccccc2NS(=O)(=O)c2ccccc2)cc1. The highest BCUT2D eigenvalue weighted by Crippen LogP contribution is 2.22. The van der Waals surface area contributed by atoms with E-state index in [1.54, 1.807) is 42.5 Å². The van der Waals surface area contributed by atoms with Crippen molar-refractivity contribution in [3.05, 3.63) is 90.0 Å². The third-order valence-corrected chi connectivity index (χ3v) is 5.89. The number of amides is 1. The van der Waals surface area contributed by atoms with Crippen molar-refractivity contribution in [3.8, 4) is 5.75 Å². The zero-order valence-electron chi connectivity index (χ0n) is 16.8. The van der Waals surface area contributed by atoms with Crippen LogP contribution in [0, 0.1) is 0 Å². The number of sulfonamides is 1. The molecule has 30 heavy (non-hydrogen) atoms. The van der Waals surface area contributed by atoms with Gasteiger partial charge < -0.3 is 10.1 Å². The predicted molar refractivity (Wildman–Crippen MR) is 117 cm³/mol. The zero-order chi connectivity index (χ0) is 21.6. The lowest BCUT2D eigenvalue weighted by atomic mass is 10.1. The Morgan fingerprint density at radius 1 is 0.933 bits per heavy atom. The number of benzene rings is 3. The van der Waals surface area contributed by atoms with Gasteiger partial charge in [0.05, 0.1) is 28.8 Å². The molecule has 1 amide bonds. The fourth-order valence-corrected chi connectivity index (χ4v) is 4.05. The molecule has 0 unspecified atom stereocenters. The molecule has 0 radical (unpaired) electrons. The molecular weight excluding hydrogens is 400 g/mol. The summed E-state index contributed by atoms with van der Waals surface area (Å²) in [5.74, 6) is 0.392. The Bertz CT molecular complexity index is 1100. The Morgan fingerprint density at radius 2 is 1.57 bits per heavy atom. The third kappa shape index (κ3) is 5.18. The van der Waals surface area contributed by atoms with Crippen molar-refractivity contribution in [3.63, 3.8) is 0 Å². The predicted octanol–water partition coefficient (Wildman–Crippen LogP) is 4.38. The fraction of sp³-hybridized carbons (Fsp3) is 0.174. The number of rotatable bonds is 8. The fourth-order valence-electron chi connectivity index (χ4n) is 2.95. The highest BCUT2D eigenvalue weighted by molar-refractivity contribution is 7.92. The van der Waals surface area contributed by atoms with Gasteiger partial charge in [0.25, 0.3) is 15.9 Å². The molecule has 6 nitrogen and oxygen atoms in total. The number of hydrogen-bond acceptors (Lipinski definition) is 4. The maximum atomic E-state index is 12.9. The minimum atomic E-state index is -3.80. The Labute approximate surface area is 177 Å². The molecule has 0 aliphatic rings. The molecule has 7 heteroatoms. The number of anilines is 1. The van der Waals surface area contributed by atoms with Gasteiger partial charge in [0.1, 0.15) is 5.75 Å². The van der Waals surface area contributed by atoms with Crippen LogP contribution in [0.1, 0.15) is 35.8 Å². The third-order valence-electron chi connectivity index (χ3n) is 4.51. The van der Waals surface area contributed by atoms with E-state index in [9.17, 15) is 13.2 Å². The molecule has 3 aromatic rings. The first kappa shape index (κ1) is 21.4. The van der Waals surface area contributed by atoms with E-state index in [-0.39, 0.29) is 28.1 Å². The van der Waals surface area contributed by atoms with Crippen LogP contribution in [-0.4, -0.2) is 20.9 Å². The van der Waals surface area contributed by atoms with Crippen LogP contribution < -0.4 is 14.8 Å². The highest BCUT2D eigenvalue weighted by Gasteiger charge is 2.19. The number of carbonyl (C=O) groups is 1. The molecule has 156 valence electrons. The quantitative estimate of drug-likeness (QED) is 0.562. The lowest BCUT2D eigenvalue weighted by Crippen LogP contribution is -2.28. The monoisotopic (exact) mass is 424 g/mol. The van der Waals surface area contributed by atoms with Crippen LogP contribution in [0.25, 0.3) is 0 Å². The molecule has 0 saturated heterocycles. The molecular formula is C23H24N2O4S. The summed E-state index contributed by atoms with van der Waals surface area (Å²) in [5, 5.41) is 2.92. The number of carbonyl (C=O) groups excluding carboxylic acids is 1. The van der Waals surface area contributed by atoms with Crippen molar-refractivity contribution < 1.29 is 17.9 Å². The Kier molecular flexibility index (Phi) is 6.74. The summed E-state index contributed by atoms with van der Waals surface area (Å²) >= 11 is 0. The normalized spacial score (nSPS) is 12.1. The number of para-hydroxylation sites is 1. The van der Waals surface area contributed by atoms with Crippen molar-refractivity contribution in [2.24, 2.45) is 0 Å². The van der Waals surface area contributed by atoms with Crippen LogP contribution in [0.2, 0.25) is 0 Å². The average molecular weight is 425 g/mol. The van der Waals surface area contributed by atoms with E-state index in [4.69, 9.17) is 4.74 Å². The maximum Gasteiger partial charge on any atom is 0.261 e. The first-order valence-corrected chi connectivity index (χ1v) is 11.1. The molecule has 0 bridgehead atoms. The second-order valence-corrected chi connectivity index (χ2v) is 8.34. The van der Waals surface area contributed by atoms with Gasteiger partial charge in [-0.2, -0.15) is 0 Å². The van der Waals surface area contributed by atoms with Crippen LogP contribution in [0.15, 0.2) is 83.8 Å². The van der Waals surface area contributed by atoms with Gasteiger partial charge in [0.2, 0.25) is 0 Å². The van der Waals surface area contributed by atoms with Crippen LogP contribution in [-0.2, 0) is 10.0 Å². The molecule has 0 aliphatic heterocycles. The molecule has 0 spiro atoms. The van der Waals surface area contributed by atoms with Gasteiger partial charge in [-0.25, -0.2) is 8.42 Å². The number of nitrogens with one attached hydrogen (secondary N) is 2. The van der Waals surface area contributed by atoms with E-state index in [1.807, 2.05) is 38.1 Å². The van der Waals surface area contributed by atoms with Gasteiger partial charge in [0.15, 0.2) is 0 Å². The van der Waals surface area contributed by atoms with E-state index in [1.165, 1.54) is 12.1 Å². The van der Waals surface area contributed by atoms with Crippen LogP contribution in [0.4, 0.5) is 5.69 Å². The summed E-state index contributed by atoms with van der Waals surface area (Å²) in [6.45, 7) is 4.37. The lowest BCUT2D eigenvalue weighted by molar-refractivity contribution is 0.0941. The van der Waals surface area contributed by atoms with Crippen molar-refractivity contribution in [2.45, 2.75) is 24.8 Å². The summed E-state index contributed by atoms with van der Waals surface area (Å²) in [5.41, 5.74) is 1.38. The van der Waals surface area contributed by atoms with Crippen molar-refractivity contribution in [2.75, 3.05) is 11.3 Å². The van der Waals surface area contributed by atoms with Gasteiger partial charge in [-0.05, 0) is 55.8 Å². The largest absolute Gasteiger partial charge is 0.494 e. The summed E-state index contributed by atoms with van der Waals surface area (Å²) in [4.78, 5) is 13.0. The molecule has 0 fully saturated rings. The summed E-state index contributed by atoms with van der Waals surface area (Å²) in [6, 6.07) is 21.8. The first-order valence-electron chi connectivity index (χ1n) is 9.61. The summed E-state index contributed by atoms with van der Waals surface area (Å²) in [6.07, 6.45) is 0. The molecule has 0 saturated carbocycles. The van der Waals surface area contributed by atoms with E-state index < -0.39 is 10.0 Å². The van der Waals surface area contributed by atoms with Gasteiger partial charge in [-0.15, -0.1) is 0 Å². The Morgan fingerprint density at radius 3 is 2.23 bits per heavy atom. The Balaban J connectivity index is 1.77. The van der Waals surface area contributed by atoms with Gasteiger partial charge in [-0.1, -0.05) is 42.5 Å². The van der Waals surface area contributed by atoms with E-state index in [0.717, 1.165) is 11.3 Å². The maximum absolute atomic E-state index is 12.9.